The average molecular weight is 1730 g/mol. The van der Waals surface area contributed by atoms with E-state index in [4.69, 9.17) is 131 Å². The van der Waals surface area contributed by atoms with Crippen molar-refractivity contribution in [3.05, 3.63) is 189 Å². The molecule has 546 valence electrons. The third-order valence-corrected chi connectivity index (χ3v) is 19.2. The van der Waals surface area contributed by atoms with Crippen LogP contribution in [0.15, 0.2) is 143 Å². The van der Waals surface area contributed by atoms with Gasteiger partial charge in [0.25, 0.3) is 11.1 Å². The van der Waals surface area contributed by atoms with E-state index in [0.29, 0.717) is 85.8 Å². The van der Waals surface area contributed by atoms with Crippen LogP contribution in [0.2, 0.25) is 45.2 Å². The molecule has 2 fully saturated rings. The molecule has 5 aliphatic heterocycles. The van der Waals surface area contributed by atoms with Crippen molar-refractivity contribution in [1.29, 1.82) is 0 Å². The van der Waals surface area contributed by atoms with Gasteiger partial charge < -0.3 is 5.11 Å². The van der Waals surface area contributed by atoms with E-state index < -0.39 is 20.4 Å². The van der Waals surface area contributed by atoms with Gasteiger partial charge in [-0.3, -0.25) is 35.9 Å². The smallest absolute Gasteiger partial charge is 0.352 e. The highest BCUT2D eigenvalue weighted by molar-refractivity contribution is 8.26. The third-order valence-electron chi connectivity index (χ3n) is 16.6. The number of carboxylic acids is 1. The molecule has 2 saturated heterocycles. The highest BCUT2D eigenvalue weighted by Gasteiger charge is 2.43. The fraction of sp³-hybridized carbons (Fsp3) is 0.354. The fourth-order valence-corrected chi connectivity index (χ4v) is 13.8. The molecule has 5 aliphatic rings. The number of hydrazone groups is 3. The van der Waals surface area contributed by atoms with Gasteiger partial charge in [0.1, 0.15) is 11.4 Å². The zero-order chi connectivity index (χ0) is 68.3. The number of carbonyl (C=O) groups is 3. The number of carbonyl (C=O) groups excluding carboxylic acids is 2. The second-order valence-corrected chi connectivity index (χ2v) is 29.7. The number of nitrogens with zero attached hydrogens (tertiary/aromatic N) is 8. The predicted molar refractivity (Wildman–Crippen MR) is 451 cm³/mol. The maximum Gasteiger partial charge on any atom is 0.352 e. The van der Waals surface area contributed by atoms with E-state index in [2.05, 4.69) is 69.7 Å². The number of hydrazine groups is 2. The lowest BCUT2D eigenvalue weighted by atomic mass is 9.91. The first-order chi connectivity index (χ1) is 44.0. The summed E-state index contributed by atoms with van der Waals surface area (Å²) in [6.07, 6.45) is 7.17. The summed E-state index contributed by atoms with van der Waals surface area (Å²) in [5, 5.41) is 36.4. The van der Waals surface area contributed by atoms with E-state index in [0.717, 1.165) is 29.5 Å². The molecule has 34 heteroatoms. The minimum Gasteiger partial charge on any atom is -0.477 e. The van der Waals surface area contributed by atoms with Crippen LogP contribution in [0, 0.1) is 17.8 Å². The van der Waals surface area contributed by atoms with Crippen LogP contribution >= 0.6 is 218 Å². The Kier molecular flexibility index (Phi) is 42.4. The summed E-state index contributed by atoms with van der Waals surface area (Å²) in [4.78, 5) is 36.6. The van der Waals surface area contributed by atoms with Gasteiger partial charge in [-0.2, -0.15) is 96.3 Å². The number of anilines is 3. The fourth-order valence-electron chi connectivity index (χ4n) is 11.7. The molecule has 15 nitrogen and oxygen atoms in total. The molecule has 0 saturated carbocycles. The first kappa shape index (κ1) is 95.0. The molecule has 5 heterocycles. The Hall–Kier alpha value is -2.05. The van der Waals surface area contributed by atoms with Crippen molar-refractivity contribution in [3.63, 3.8) is 0 Å². The number of hydrogen-bond acceptors (Lipinski definition) is 13. The average Bonchev–Trinajstić information content (AvgIpc) is 1.65. The van der Waals surface area contributed by atoms with Crippen molar-refractivity contribution in [2.24, 2.45) is 38.9 Å². The predicted octanol–water partition coefficient (Wildman–Crippen LogP) is 20.6. The first-order valence-electron chi connectivity index (χ1n) is 29.5. The summed E-state index contributed by atoms with van der Waals surface area (Å²) < 4.78 is 9.09. The number of carboxylic acid groups (broad SMARTS) is 1. The quantitative estimate of drug-likeness (QED) is 0.0877. The van der Waals surface area contributed by atoms with Gasteiger partial charge in [-0.05, 0) is 173 Å². The van der Waals surface area contributed by atoms with E-state index in [1.54, 1.807) is 82.8 Å². The maximum atomic E-state index is 13.4. The normalized spacial score (nSPS) is 22.2. The standard InChI is InChI=1S/C24H27Cl3N4O.C17H12Cl4N2O.C17H13Cl3N2O2.C7H16N2.Cl2OS.6H2S/c1-14-5-4-6-15(2)30(14)29-24(32)22-16(3)23(17-7-9-18(25)10-8-17)31(28-22)21-12-11-19(26)13-20(21)27;1-9-15(17(21)24)22-23(14-7-6-12(19)8-13(14)20)16(9)10-2-4-11(18)5-3-10;1-9-15(17(23)24)21-22(14-7-6-12(19)8-13(14)20)16(9)10-2-4-11(18)5-3-10;1-6-4-3-5-7(2)9(6)8;1-4(2)3;;;;;;/h7-16,23H,4-6H2,1-3H3,(H,29,32);2-9,16H,1H3;2-9,16H,1H3,(H,23,24);6-7H,3-5,8H2,1-2H3;;6*1H2/t14?,15?,16-,23+;2*9-,16+;;;;;;;;/m111......../s1. The minimum atomic E-state index is -1.67. The van der Waals surface area contributed by atoms with Crippen LogP contribution < -0.4 is 26.3 Å². The Balaban J connectivity index is 0.000000667. The van der Waals surface area contributed by atoms with Gasteiger partial charge in [0, 0.05) is 93.4 Å². The minimum absolute atomic E-state index is 0. The van der Waals surface area contributed by atoms with Crippen molar-refractivity contribution in [2.75, 3.05) is 15.0 Å². The lowest BCUT2D eigenvalue weighted by Gasteiger charge is -2.38. The Labute approximate surface area is 683 Å². The number of nitrogens with one attached hydrogen (secondary N) is 1. The number of piperidine rings is 2. The summed E-state index contributed by atoms with van der Waals surface area (Å²) in [6, 6.07) is 38.8. The topological polar surface area (TPSA) is 180 Å². The summed E-state index contributed by atoms with van der Waals surface area (Å²) in [5.74, 6) is 3.83. The van der Waals surface area contributed by atoms with Crippen LogP contribution in [0.25, 0.3) is 0 Å². The van der Waals surface area contributed by atoms with Gasteiger partial charge in [-0.25, -0.2) is 19.0 Å². The molecule has 6 aromatic carbocycles. The molecule has 0 aliphatic carbocycles. The number of benzene rings is 6. The lowest BCUT2D eigenvalue weighted by molar-refractivity contribution is -0.129. The van der Waals surface area contributed by atoms with Crippen LogP contribution in [-0.4, -0.2) is 77.8 Å². The second kappa shape index (κ2) is 44.2. The molecule has 6 aromatic rings. The molecule has 1 amide bonds. The van der Waals surface area contributed by atoms with E-state index in [1.807, 2.05) is 85.4 Å². The van der Waals surface area contributed by atoms with Crippen molar-refractivity contribution < 1.29 is 23.7 Å². The molecule has 11 rings (SSSR count). The van der Waals surface area contributed by atoms with E-state index in [1.165, 1.54) is 25.7 Å². The van der Waals surface area contributed by atoms with Crippen molar-refractivity contribution in [3.8, 4) is 0 Å². The Bertz CT molecular complexity index is 3590. The monoisotopic (exact) mass is 1720 g/mol. The summed E-state index contributed by atoms with van der Waals surface area (Å²) in [5.41, 5.74) is 8.79. The van der Waals surface area contributed by atoms with Gasteiger partial charge in [0.15, 0.2) is 5.71 Å². The largest absolute Gasteiger partial charge is 0.477 e. The van der Waals surface area contributed by atoms with E-state index in [-0.39, 0.29) is 141 Å². The van der Waals surface area contributed by atoms with Crippen molar-refractivity contribution in [1.82, 2.24) is 15.4 Å². The number of aliphatic carboxylic acids is 1. The highest BCUT2D eigenvalue weighted by atomic mass is 36.0. The maximum absolute atomic E-state index is 13.4. The van der Waals surface area contributed by atoms with Crippen LogP contribution in [0.3, 0.4) is 0 Å². The Morgan fingerprint density at radius 2 is 0.707 bits per heavy atom. The molecular weight excluding hydrogens is 1650 g/mol. The summed E-state index contributed by atoms with van der Waals surface area (Å²) in [6.45, 7) is 14.4. The summed E-state index contributed by atoms with van der Waals surface area (Å²) >= 11 is 61.0. The Morgan fingerprint density at radius 3 is 0.990 bits per heavy atom. The zero-order valence-corrected chi connectivity index (χ0v) is 70.2. The van der Waals surface area contributed by atoms with Gasteiger partial charge >= 0.3 is 5.97 Å². The SMILES string of the molecule is CC1CCCC(C)N1N.CC1CCCC(C)N1NC(=O)C1=NN(c2ccc(Cl)cc2Cl)[C@H](c2ccc(Cl)cc2)[C@@H]1C.C[C@@H]1C(C(=O)Cl)=NN(c2ccc(Cl)cc2Cl)[C@@H]1c1ccc(Cl)cc1.C[C@@H]1C(C(=O)O)=NN(c2ccc(Cl)cc2Cl)[C@@H]1c1ccc(Cl)cc1.O=S(Cl)Cl.S.S.S.S.S.S. The number of nitrogens with two attached hydrogens (primary N) is 1. The van der Waals surface area contributed by atoms with Gasteiger partial charge in [-0.15, -0.1) is 0 Å². The molecule has 0 bridgehead atoms. The molecule has 4 unspecified atom stereocenters. The van der Waals surface area contributed by atoms with Crippen LogP contribution in [0.5, 0.6) is 0 Å². The van der Waals surface area contributed by atoms with Crippen LogP contribution in [-0.2, 0) is 23.6 Å². The molecule has 4 N–H and O–H groups in total. The zero-order valence-electron chi connectivity index (χ0n) is 54.3. The molecular formula is C65H80Cl12N10O5S7. The van der Waals surface area contributed by atoms with Crippen molar-refractivity contribution in [2.45, 2.75) is 129 Å². The van der Waals surface area contributed by atoms with Gasteiger partial charge in [0.2, 0.25) is 9.23 Å². The van der Waals surface area contributed by atoms with Gasteiger partial charge in [-0.1, -0.05) is 174 Å². The van der Waals surface area contributed by atoms with Crippen LogP contribution in [0.4, 0.5) is 17.1 Å². The number of hydrogen-bond donors (Lipinski definition) is 3. The number of halogens is 12. The lowest BCUT2D eigenvalue weighted by Crippen LogP contribution is -2.56. The molecule has 10 atom stereocenters. The van der Waals surface area contributed by atoms with E-state index in [9.17, 15) is 19.5 Å². The van der Waals surface area contributed by atoms with Crippen molar-refractivity contribution >= 4 is 279 Å². The molecule has 99 heavy (non-hydrogen) atoms. The Morgan fingerprint density at radius 1 is 0.444 bits per heavy atom. The highest BCUT2D eigenvalue weighted by Crippen LogP contribution is 2.46. The van der Waals surface area contributed by atoms with E-state index >= 15 is 0 Å². The number of rotatable bonds is 10. The molecule has 0 radical (unpaired) electrons. The second-order valence-electron chi connectivity index (χ2n) is 22.9. The van der Waals surface area contributed by atoms with Crippen LogP contribution in [0.1, 0.15) is 122 Å². The third kappa shape index (κ3) is 25.3. The summed E-state index contributed by atoms with van der Waals surface area (Å²) in [7, 11) is 7.36. The number of amides is 1. The first-order valence-corrected chi connectivity index (χ1v) is 36.1. The van der Waals surface area contributed by atoms with Gasteiger partial charge in [0.05, 0.1) is 50.3 Å². The molecule has 0 aromatic heterocycles. The molecule has 0 spiro atoms.